The topological polar surface area (TPSA) is 98.4 Å². The second-order valence-electron chi connectivity index (χ2n) is 6.51. The van der Waals surface area contributed by atoms with Crippen LogP contribution in [0.4, 0.5) is 0 Å². The third kappa shape index (κ3) is 5.25. The lowest BCUT2D eigenvalue weighted by molar-refractivity contribution is -0.121. The summed E-state index contributed by atoms with van der Waals surface area (Å²) in [6, 6.07) is 10.4. The van der Waals surface area contributed by atoms with Gasteiger partial charge in [0.05, 0.1) is 13.4 Å². The van der Waals surface area contributed by atoms with Gasteiger partial charge in [0.2, 0.25) is 5.91 Å². The Hall–Kier alpha value is -3.55. The van der Waals surface area contributed by atoms with Crippen molar-refractivity contribution < 1.29 is 18.7 Å². The fourth-order valence-electron chi connectivity index (χ4n) is 2.93. The largest absolute Gasteiger partial charge is 0.497 e. The maximum Gasteiger partial charge on any atom is 0.286 e. The Bertz CT molecular complexity index is 932. The van der Waals surface area contributed by atoms with Gasteiger partial charge in [-0.05, 0) is 36.2 Å². The molecule has 1 unspecified atom stereocenters. The van der Waals surface area contributed by atoms with Gasteiger partial charge in [-0.2, -0.15) is 0 Å². The molecule has 0 spiro atoms. The number of benzene rings is 1. The zero-order valence-corrected chi connectivity index (χ0v) is 16.4. The highest BCUT2D eigenvalue weighted by molar-refractivity contribution is 5.91. The molecule has 2 N–H and O–H groups in total. The molecule has 0 saturated carbocycles. The van der Waals surface area contributed by atoms with Gasteiger partial charge in [-0.1, -0.05) is 12.1 Å². The van der Waals surface area contributed by atoms with Crippen molar-refractivity contribution in [3.8, 4) is 5.75 Å². The van der Waals surface area contributed by atoms with Crippen molar-refractivity contribution >= 4 is 11.8 Å². The fourth-order valence-corrected chi connectivity index (χ4v) is 2.93. The lowest BCUT2D eigenvalue weighted by atomic mass is 10.1. The minimum Gasteiger partial charge on any atom is -0.497 e. The number of nitrogens with zero attached hydrogens (tertiary/aromatic N) is 2. The van der Waals surface area contributed by atoms with Gasteiger partial charge in [0.25, 0.3) is 5.91 Å². The van der Waals surface area contributed by atoms with E-state index in [9.17, 15) is 9.59 Å². The molecule has 1 aromatic carbocycles. The summed E-state index contributed by atoms with van der Waals surface area (Å²) in [5, 5.41) is 5.77. The van der Waals surface area contributed by atoms with Crippen LogP contribution in [0.15, 0.2) is 59.5 Å². The average Bonchev–Trinajstić information content (AvgIpc) is 3.41. The van der Waals surface area contributed by atoms with Gasteiger partial charge >= 0.3 is 0 Å². The van der Waals surface area contributed by atoms with E-state index in [4.69, 9.17) is 9.15 Å². The van der Waals surface area contributed by atoms with Crippen LogP contribution in [-0.2, 0) is 11.8 Å². The van der Waals surface area contributed by atoms with Crippen LogP contribution >= 0.6 is 0 Å². The van der Waals surface area contributed by atoms with E-state index in [0.29, 0.717) is 13.0 Å². The number of ether oxygens (including phenoxy) is 1. The average molecular weight is 396 g/mol. The Morgan fingerprint density at radius 1 is 1.24 bits per heavy atom. The molecule has 8 heteroatoms. The molecule has 0 saturated heterocycles. The smallest absolute Gasteiger partial charge is 0.286 e. The van der Waals surface area contributed by atoms with Crippen molar-refractivity contribution in [2.75, 3.05) is 13.7 Å². The summed E-state index contributed by atoms with van der Waals surface area (Å²) in [5.41, 5.74) is 0.902. The molecule has 2 amide bonds. The molecule has 3 aromatic rings. The third-order valence-electron chi connectivity index (χ3n) is 4.48. The lowest BCUT2D eigenvalue weighted by Gasteiger charge is -2.19. The molecule has 0 bridgehead atoms. The van der Waals surface area contributed by atoms with Crippen molar-refractivity contribution in [1.29, 1.82) is 0 Å². The Kier molecular flexibility index (Phi) is 6.67. The van der Waals surface area contributed by atoms with E-state index in [1.807, 2.05) is 42.1 Å². The summed E-state index contributed by atoms with van der Waals surface area (Å²) in [6.45, 7) is 0.378. The van der Waals surface area contributed by atoms with Crippen molar-refractivity contribution in [1.82, 2.24) is 20.2 Å². The molecular weight excluding hydrogens is 372 g/mol. The van der Waals surface area contributed by atoms with Crippen LogP contribution in [0.2, 0.25) is 0 Å². The molecule has 0 aliphatic rings. The molecule has 0 aliphatic heterocycles. The number of carbonyl (C=O) groups is 2. The molecule has 8 nitrogen and oxygen atoms in total. The van der Waals surface area contributed by atoms with Crippen molar-refractivity contribution in [2.45, 2.75) is 18.9 Å². The van der Waals surface area contributed by atoms with Crippen LogP contribution in [0, 0.1) is 0 Å². The first kappa shape index (κ1) is 20.2. The molecule has 0 fully saturated rings. The number of amides is 2. The molecule has 3 rings (SSSR count). The number of nitrogens with one attached hydrogen (secondary N) is 2. The highest BCUT2D eigenvalue weighted by Gasteiger charge is 2.20. The highest BCUT2D eigenvalue weighted by Crippen LogP contribution is 2.23. The normalized spacial score (nSPS) is 11.7. The van der Waals surface area contributed by atoms with E-state index >= 15 is 0 Å². The second-order valence-corrected chi connectivity index (χ2v) is 6.51. The van der Waals surface area contributed by atoms with Gasteiger partial charge in [0, 0.05) is 32.4 Å². The minimum atomic E-state index is -0.383. The molecule has 2 heterocycles. The van der Waals surface area contributed by atoms with Gasteiger partial charge in [0.1, 0.15) is 17.6 Å². The van der Waals surface area contributed by atoms with Crippen LogP contribution in [0.1, 0.15) is 40.8 Å². The number of hydrogen-bond acceptors (Lipinski definition) is 5. The van der Waals surface area contributed by atoms with E-state index < -0.39 is 0 Å². The van der Waals surface area contributed by atoms with Gasteiger partial charge < -0.3 is 24.4 Å². The van der Waals surface area contributed by atoms with E-state index in [1.54, 1.807) is 25.4 Å². The Balaban J connectivity index is 1.58. The predicted molar refractivity (Wildman–Crippen MR) is 106 cm³/mol. The minimum absolute atomic E-state index is 0.124. The summed E-state index contributed by atoms with van der Waals surface area (Å²) in [5.74, 6) is 1.31. The number of rotatable bonds is 9. The summed E-state index contributed by atoms with van der Waals surface area (Å²) in [6.07, 6.45) is 5.76. The summed E-state index contributed by atoms with van der Waals surface area (Å²) in [7, 11) is 3.49. The quantitative estimate of drug-likeness (QED) is 0.542. The SMILES string of the molecule is COc1ccc(C(NC(=O)CCCNC(=O)c2ccco2)c2nccn2C)cc1. The van der Waals surface area contributed by atoms with E-state index in [-0.39, 0.29) is 30.0 Å². The first-order chi connectivity index (χ1) is 14.1. The highest BCUT2D eigenvalue weighted by atomic mass is 16.5. The maximum absolute atomic E-state index is 12.5. The summed E-state index contributed by atoms with van der Waals surface area (Å²) < 4.78 is 12.1. The van der Waals surface area contributed by atoms with Gasteiger partial charge in [-0.15, -0.1) is 0 Å². The van der Waals surface area contributed by atoms with Crippen LogP contribution in [0.3, 0.4) is 0 Å². The maximum atomic E-state index is 12.5. The molecule has 2 aromatic heterocycles. The number of aryl methyl sites for hydroxylation is 1. The number of aromatic nitrogens is 2. The van der Waals surface area contributed by atoms with Crippen LogP contribution in [-0.4, -0.2) is 35.0 Å². The molecule has 152 valence electrons. The van der Waals surface area contributed by atoms with Crippen LogP contribution in [0.25, 0.3) is 0 Å². The third-order valence-corrected chi connectivity index (χ3v) is 4.48. The standard InChI is InChI=1S/C21H24N4O4/c1-25-13-12-22-20(25)19(15-7-9-16(28-2)10-8-15)24-18(26)6-3-11-23-21(27)17-5-4-14-29-17/h4-5,7-10,12-14,19H,3,6,11H2,1-2H3,(H,23,27)(H,24,26). The van der Waals surface area contributed by atoms with E-state index in [0.717, 1.165) is 17.1 Å². The van der Waals surface area contributed by atoms with Gasteiger partial charge in [-0.3, -0.25) is 9.59 Å². The summed E-state index contributed by atoms with van der Waals surface area (Å²) in [4.78, 5) is 28.7. The van der Waals surface area contributed by atoms with Crippen molar-refractivity contribution in [3.63, 3.8) is 0 Å². The van der Waals surface area contributed by atoms with Crippen LogP contribution < -0.4 is 15.4 Å². The second kappa shape index (κ2) is 9.59. The molecule has 0 aliphatic carbocycles. The molecule has 0 radical (unpaired) electrons. The Morgan fingerprint density at radius 3 is 2.66 bits per heavy atom. The monoisotopic (exact) mass is 396 g/mol. The molecule has 29 heavy (non-hydrogen) atoms. The zero-order valence-electron chi connectivity index (χ0n) is 16.4. The zero-order chi connectivity index (χ0) is 20.6. The Labute approximate surface area is 168 Å². The van der Waals surface area contributed by atoms with Crippen molar-refractivity contribution in [2.24, 2.45) is 7.05 Å². The number of methoxy groups -OCH3 is 1. The van der Waals surface area contributed by atoms with E-state index in [2.05, 4.69) is 15.6 Å². The van der Waals surface area contributed by atoms with E-state index in [1.165, 1.54) is 6.26 Å². The van der Waals surface area contributed by atoms with Gasteiger partial charge in [0.15, 0.2) is 5.76 Å². The number of carbonyl (C=O) groups excluding carboxylic acids is 2. The first-order valence-corrected chi connectivity index (χ1v) is 9.30. The molecular formula is C21H24N4O4. The number of furan rings is 1. The first-order valence-electron chi connectivity index (χ1n) is 9.30. The predicted octanol–water partition coefficient (Wildman–Crippen LogP) is 2.44. The van der Waals surface area contributed by atoms with Crippen LogP contribution in [0.5, 0.6) is 5.75 Å². The van der Waals surface area contributed by atoms with Crippen molar-refractivity contribution in [3.05, 3.63) is 72.2 Å². The molecule has 1 atom stereocenters. The summed E-state index contributed by atoms with van der Waals surface area (Å²) >= 11 is 0. The fraction of sp³-hybridized carbons (Fsp3) is 0.286. The number of imidazole rings is 1. The lowest BCUT2D eigenvalue weighted by Crippen LogP contribution is -2.32. The Morgan fingerprint density at radius 2 is 2.03 bits per heavy atom. The number of hydrogen-bond donors (Lipinski definition) is 2. The van der Waals surface area contributed by atoms with Gasteiger partial charge in [-0.25, -0.2) is 4.98 Å².